The van der Waals surface area contributed by atoms with Crippen molar-refractivity contribution in [3.8, 4) is 17.2 Å². The van der Waals surface area contributed by atoms with Gasteiger partial charge in [-0.25, -0.2) is 0 Å². The number of amides is 1. The minimum Gasteiger partial charge on any atom is -0.486 e. The van der Waals surface area contributed by atoms with E-state index in [9.17, 15) is 4.79 Å². The van der Waals surface area contributed by atoms with Crippen LogP contribution in [0.4, 0.5) is 0 Å². The minimum atomic E-state index is -0.372. The summed E-state index contributed by atoms with van der Waals surface area (Å²) in [4.78, 5) is 11.6. The number of rotatable bonds is 6. The molecule has 7 nitrogen and oxygen atoms in total. The topological polar surface area (TPSA) is 90.2 Å². The number of aliphatic hydroxyl groups is 1. The van der Waals surface area contributed by atoms with E-state index < -0.39 is 0 Å². The molecule has 0 unspecified atom stereocenters. The Bertz CT molecular complexity index is 666. The molecule has 2 heterocycles. The van der Waals surface area contributed by atoms with Crippen LogP contribution in [0.15, 0.2) is 34.7 Å². The number of aliphatic hydroxyl groups excluding tert-OH is 1. The fourth-order valence-corrected chi connectivity index (χ4v) is 1.96. The molecule has 0 atom stereocenters. The number of nitrogens with one attached hydrogen (secondary N) is 1. The zero-order valence-electron chi connectivity index (χ0n) is 11.7. The van der Waals surface area contributed by atoms with Crippen molar-refractivity contribution < 1.29 is 28.5 Å². The molecule has 0 saturated carbocycles. The van der Waals surface area contributed by atoms with Crippen LogP contribution in [0.3, 0.4) is 0 Å². The Morgan fingerprint density at radius 1 is 1.23 bits per heavy atom. The summed E-state index contributed by atoms with van der Waals surface area (Å²) in [5, 5.41) is 11.2. The van der Waals surface area contributed by atoms with Crippen LogP contribution in [0, 0.1) is 0 Å². The maximum atomic E-state index is 11.6. The van der Waals surface area contributed by atoms with Gasteiger partial charge in [0, 0.05) is 12.6 Å². The molecule has 1 aliphatic rings. The first-order valence-electron chi connectivity index (χ1n) is 6.76. The number of fused-ring (bicyclic) bond motifs is 1. The molecule has 116 valence electrons. The molecule has 0 spiro atoms. The molecule has 3 rings (SSSR count). The van der Waals surface area contributed by atoms with Gasteiger partial charge in [0.05, 0.1) is 6.61 Å². The summed E-state index contributed by atoms with van der Waals surface area (Å²) >= 11 is 0. The summed E-state index contributed by atoms with van der Waals surface area (Å²) in [7, 11) is 0. The molecule has 0 saturated heterocycles. The van der Waals surface area contributed by atoms with Crippen LogP contribution >= 0.6 is 0 Å². The Morgan fingerprint density at radius 3 is 2.95 bits per heavy atom. The third-order valence-corrected chi connectivity index (χ3v) is 3.01. The maximum Gasteiger partial charge on any atom is 0.287 e. The fourth-order valence-electron chi connectivity index (χ4n) is 1.96. The number of furan rings is 1. The summed E-state index contributed by atoms with van der Waals surface area (Å²) in [5.41, 5.74) is 0. The smallest absolute Gasteiger partial charge is 0.287 e. The SMILES string of the molecule is O=C(NCCO)c1ccc(COc2ccc3c(c2)OCO3)o1. The fraction of sp³-hybridized carbons (Fsp3) is 0.267. The largest absolute Gasteiger partial charge is 0.486 e. The van der Waals surface area contributed by atoms with E-state index in [1.165, 1.54) is 0 Å². The first-order valence-corrected chi connectivity index (χ1v) is 6.76. The highest BCUT2D eigenvalue weighted by atomic mass is 16.7. The van der Waals surface area contributed by atoms with Gasteiger partial charge in [-0.3, -0.25) is 4.79 Å². The van der Waals surface area contributed by atoms with Crippen molar-refractivity contribution in [3.63, 3.8) is 0 Å². The van der Waals surface area contributed by atoms with Crippen LogP contribution < -0.4 is 19.5 Å². The second-order valence-electron chi connectivity index (χ2n) is 4.55. The molecule has 22 heavy (non-hydrogen) atoms. The van der Waals surface area contributed by atoms with E-state index in [1.807, 2.05) is 0 Å². The number of benzene rings is 1. The second kappa shape index (κ2) is 6.40. The summed E-state index contributed by atoms with van der Waals surface area (Å²) in [6, 6.07) is 8.50. The molecular weight excluding hydrogens is 290 g/mol. The Balaban J connectivity index is 1.58. The van der Waals surface area contributed by atoms with Crippen molar-refractivity contribution in [1.29, 1.82) is 0 Å². The van der Waals surface area contributed by atoms with Gasteiger partial charge in [0.2, 0.25) is 6.79 Å². The maximum absolute atomic E-state index is 11.6. The van der Waals surface area contributed by atoms with Crippen molar-refractivity contribution in [1.82, 2.24) is 5.32 Å². The predicted octanol–water partition coefficient (Wildman–Crippen LogP) is 1.31. The molecular formula is C15H15NO6. The third-order valence-electron chi connectivity index (χ3n) is 3.01. The zero-order valence-corrected chi connectivity index (χ0v) is 11.7. The lowest BCUT2D eigenvalue weighted by atomic mass is 10.3. The Morgan fingerprint density at radius 2 is 2.09 bits per heavy atom. The quantitative estimate of drug-likeness (QED) is 0.836. The first-order chi connectivity index (χ1) is 10.8. The van der Waals surface area contributed by atoms with E-state index in [0.717, 1.165) is 0 Å². The number of ether oxygens (including phenoxy) is 3. The molecule has 0 fully saturated rings. The van der Waals surface area contributed by atoms with Gasteiger partial charge in [-0.15, -0.1) is 0 Å². The normalized spacial score (nSPS) is 12.2. The van der Waals surface area contributed by atoms with Gasteiger partial charge in [-0.2, -0.15) is 0 Å². The second-order valence-corrected chi connectivity index (χ2v) is 4.55. The van der Waals surface area contributed by atoms with E-state index in [0.29, 0.717) is 23.0 Å². The molecule has 1 aromatic heterocycles. The molecule has 1 amide bonds. The van der Waals surface area contributed by atoms with E-state index in [2.05, 4.69) is 5.32 Å². The molecule has 2 aromatic rings. The van der Waals surface area contributed by atoms with Gasteiger partial charge >= 0.3 is 0 Å². The first kappa shape index (κ1) is 14.3. The Kier molecular flexibility index (Phi) is 4.15. The van der Waals surface area contributed by atoms with Crippen molar-refractivity contribution in [2.45, 2.75) is 6.61 Å². The van der Waals surface area contributed by atoms with Gasteiger partial charge in [-0.05, 0) is 24.3 Å². The predicted molar refractivity (Wildman–Crippen MR) is 75.0 cm³/mol. The van der Waals surface area contributed by atoms with Gasteiger partial charge in [0.25, 0.3) is 5.91 Å². The van der Waals surface area contributed by atoms with Crippen molar-refractivity contribution in [2.75, 3.05) is 19.9 Å². The van der Waals surface area contributed by atoms with Gasteiger partial charge < -0.3 is 29.1 Å². The van der Waals surface area contributed by atoms with Crippen molar-refractivity contribution in [2.24, 2.45) is 0 Å². The number of carbonyl (C=O) groups excluding carboxylic acids is 1. The van der Waals surface area contributed by atoms with E-state index >= 15 is 0 Å². The molecule has 0 radical (unpaired) electrons. The molecule has 0 aliphatic carbocycles. The van der Waals surface area contributed by atoms with E-state index in [4.69, 9.17) is 23.7 Å². The molecule has 1 aliphatic heterocycles. The van der Waals surface area contributed by atoms with Crippen LogP contribution in [-0.4, -0.2) is 31.0 Å². The lowest BCUT2D eigenvalue weighted by molar-refractivity contribution is 0.0913. The average Bonchev–Trinajstić information content (AvgIpc) is 3.18. The molecule has 2 N–H and O–H groups in total. The Hall–Kier alpha value is -2.67. The van der Waals surface area contributed by atoms with E-state index in [1.54, 1.807) is 30.3 Å². The van der Waals surface area contributed by atoms with Crippen LogP contribution in [0.25, 0.3) is 0 Å². The average molecular weight is 305 g/mol. The highest BCUT2D eigenvalue weighted by molar-refractivity contribution is 5.91. The third kappa shape index (κ3) is 3.15. The summed E-state index contributed by atoms with van der Waals surface area (Å²) in [6.07, 6.45) is 0. The lowest BCUT2D eigenvalue weighted by Gasteiger charge is -2.05. The monoisotopic (exact) mass is 305 g/mol. The number of hydrogen-bond acceptors (Lipinski definition) is 6. The van der Waals surface area contributed by atoms with Crippen LogP contribution in [0.5, 0.6) is 17.2 Å². The van der Waals surface area contributed by atoms with Crippen LogP contribution in [0.2, 0.25) is 0 Å². The van der Waals surface area contributed by atoms with Crippen molar-refractivity contribution >= 4 is 5.91 Å². The van der Waals surface area contributed by atoms with Gasteiger partial charge in [0.1, 0.15) is 18.1 Å². The zero-order chi connectivity index (χ0) is 15.4. The van der Waals surface area contributed by atoms with Crippen LogP contribution in [-0.2, 0) is 6.61 Å². The number of carbonyl (C=O) groups is 1. The van der Waals surface area contributed by atoms with Gasteiger partial charge in [0.15, 0.2) is 17.3 Å². The molecule has 7 heteroatoms. The highest BCUT2D eigenvalue weighted by Gasteiger charge is 2.14. The molecule has 0 bridgehead atoms. The standard InChI is InChI=1S/C15H15NO6/c17-6-5-16-15(18)13-4-2-11(22-13)8-19-10-1-3-12-14(7-10)21-9-20-12/h1-4,7,17H,5-6,8-9H2,(H,16,18). The van der Waals surface area contributed by atoms with E-state index in [-0.39, 0.29) is 38.2 Å². The summed E-state index contributed by atoms with van der Waals surface area (Å²) in [6.45, 7) is 0.464. The highest BCUT2D eigenvalue weighted by Crippen LogP contribution is 2.35. The lowest BCUT2D eigenvalue weighted by Crippen LogP contribution is -2.25. The van der Waals surface area contributed by atoms with Gasteiger partial charge in [-0.1, -0.05) is 0 Å². The summed E-state index contributed by atoms with van der Waals surface area (Å²) < 4.78 is 21.5. The minimum absolute atomic E-state index is 0.119. The van der Waals surface area contributed by atoms with Crippen molar-refractivity contribution in [3.05, 3.63) is 41.9 Å². The van der Waals surface area contributed by atoms with Crippen LogP contribution in [0.1, 0.15) is 16.3 Å². The molecule has 1 aromatic carbocycles. The summed E-state index contributed by atoms with van der Waals surface area (Å²) in [5.74, 6) is 2.27. The Labute approximate surface area is 126 Å². The number of hydrogen-bond donors (Lipinski definition) is 2.